The molecular weight excluding hydrogens is 352 g/mol. The molecule has 6 nitrogen and oxygen atoms in total. The van der Waals surface area contributed by atoms with Gasteiger partial charge in [-0.05, 0) is 42.7 Å². The van der Waals surface area contributed by atoms with Gasteiger partial charge in [-0.2, -0.15) is 0 Å². The van der Waals surface area contributed by atoms with E-state index in [0.717, 1.165) is 24.1 Å². The minimum Gasteiger partial charge on any atom is -0.465 e. The number of nitrogens with zero attached hydrogens (tertiary/aromatic N) is 2. The van der Waals surface area contributed by atoms with E-state index in [4.69, 9.17) is 9.15 Å². The number of aromatic nitrogens is 1. The number of rotatable bonds is 3. The van der Waals surface area contributed by atoms with Crippen LogP contribution < -0.4 is 4.90 Å². The van der Waals surface area contributed by atoms with Crippen molar-refractivity contribution in [1.82, 2.24) is 4.98 Å². The van der Waals surface area contributed by atoms with Crippen LogP contribution in [0.1, 0.15) is 32.8 Å². The van der Waals surface area contributed by atoms with Crippen LogP contribution >= 0.6 is 11.3 Å². The van der Waals surface area contributed by atoms with Crippen molar-refractivity contribution in [3.05, 3.63) is 58.8 Å². The first kappa shape index (κ1) is 16.5. The summed E-state index contributed by atoms with van der Waals surface area (Å²) in [5.74, 6) is 0.0769. The van der Waals surface area contributed by atoms with Crippen LogP contribution in [0.3, 0.4) is 0 Å². The highest BCUT2D eigenvalue weighted by molar-refractivity contribution is 7.13. The van der Waals surface area contributed by atoms with Crippen LogP contribution in [0.15, 0.2) is 46.4 Å². The Morgan fingerprint density at radius 2 is 2.15 bits per heavy atom. The Kier molecular flexibility index (Phi) is 4.30. The van der Waals surface area contributed by atoms with Gasteiger partial charge in [-0.1, -0.05) is 6.07 Å². The van der Waals surface area contributed by atoms with E-state index in [9.17, 15) is 9.59 Å². The van der Waals surface area contributed by atoms with Gasteiger partial charge in [-0.25, -0.2) is 9.78 Å². The van der Waals surface area contributed by atoms with E-state index >= 15 is 0 Å². The van der Waals surface area contributed by atoms with Crippen molar-refractivity contribution in [2.24, 2.45) is 0 Å². The lowest BCUT2D eigenvalue weighted by atomic mass is 9.96. The highest BCUT2D eigenvalue weighted by Gasteiger charge is 2.28. The second-order valence-electron chi connectivity index (χ2n) is 5.87. The maximum Gasteiger partial charge on any atom is 0.338 e. The normalized spacial score (nSPS) is 13.3. The third kappa shape index (κ3) is 2.80. The number of amides is 1. The Morgan fingerprint density at radius 3 is 2.92 bits per heavy atom. The Balaban J connectivity index is 1.68. The second kappa shape index (κ2) is 6.76. The zero-order valence-corrected chi connectivity index (χ0v) is 14.9. The summed E-state index contributed by atoms with van der Waals surface area (Å²) >= 11 is 1.37. The van der Waals surface area contributed by atoms with Crippen molar-refractivity contribution >= 4 is 28.9 Å². The minimum atomic E-state index is -0.384. The fourth-order valence-corrected chi connectivity index (χ4v) is 3.92. The highest BCUT2D eigenvalue weighted by atomic mass is 32.1. The van der Waals surface area contributed by atoms with E-state index in [1.807, 2.05) is 12.1 Å². The molecule has 0 spiro atoms. The monoisotopic (exact) mass is 368 g/mol. The van der Waals surface area contributed by atoms with Gasteiger partial charge in [0.1, 0.15) is 5.69 Å². The van der Waals surface area contributed by atoms with E-state index < -0.39 is 0 Å². The predicted octanol–water partition coefficient (Wildman–Crippen LogP) is 3.78. The van der Waals surface area contributed by atoms with Gasteiger partial charge in [0, 0.05) is 17.6 Å². The average Bonchev–Trinajstić information content (AvgIpc) is 3.37. The molecule has 0 saturated heterocycles. The Labute approximate surface area is 154 Å². The molecule has 0 unspecified atom stereocenters. The van der Waals surface area contributed by atoms with Crippen LogP contribution in [0.5, 0.6) is 0 Å². The summed E-state index contributed by atoms with van der Waals surface area (Å²) in [5, 5.41) is 2.40. The van der Waals surface area contributed by atoms with E-state index in [1.54, 1.807) is 34.7 Å². The summed E-state index contributed by atoms with van der Waals surface area (Å²) in [6, 6.07) is 8.96. The molecule has 1 amide bonds. The lowest BCUT2D eigenvalue weighted by molar-refractivity contribution is 0.0599. The number of fused-ring (bicyclic) bond motifs is 1. The molecule has 26 heavy (non-hydrogen) atoms. The summed E-state index contributed by atoms with van der Waals surface area (Å²) < 4.78 is 10.2. The standard InChI is InChI=1S/C19H16N2O4S/c1-24-19(23)13-5-2-7-15-12(13)6-3-9-21(15)18(22)14-11-26-17(20-14)16-8-4-10-25-16/h2,4-5,7-8,10-11H,3,6,9H2,1H3. The van der Waals surface area contributed by atoms with Crippen molar-refractivity contribution in [2.45, 2.75) is 12.8 Å². The summed E-state index contributed by atoms with van der Waals surface area (Å²) in [7, 11) is 1.36. The summed E-state index contributed by atoms with van der Waals surface area (Å²) in [5.41, 5.74) is 2.48. The lowest BCUT2D eigenvalue weighted by Crippen LogP contribution is -2.36. The third-order valence-corrected chi connectivity index (χ3v) is 5.21. The van der Waals surface area contributed by atoms with E-state index in [-0.39, 0.29) is 11.9 Å². The molecule has 0 saturated carbocycles. The number of thiazole rings is 1. The Hall–Kier alpha value is -2.93. The lowest BCUT2D eigenvalue weighted by Gasteiger charge is -2.30. The molecule has 0 aliphatic carbocycles. The number of ether oxygens (including phenoxy) is 1. The van der Waals surface area contributed by atoms with Crippen molar-refractivity contribution in [3.8, 4) is 10.8 Å². The van der Waals surface area contributed by atoms with Crippen LogP contribution in [0.4, 0.5) is 5.69 Å². The molecule has 4 rings (SSSR count). The minimum absolute atomic E-state index is 0.179. The topological polar surface area (TPSA) is 72.6 Å². The summed E-state index contributed by atoms with van der Waals surface area (Å²) in [4.78, 5) is 31.1. The SMILES string of the molecule is COC(=O)c1cccc2c1CCCN2C(=O)c1csc(-c2ccco2)n1. The van der Waals surface area contributed by atoms with Gasteiger partial charge in [0.25, 0.3) is 5.91 Å². The summed E-state index contributed by atoms with van der Waals surface area (Å²) in [6.45, 7) is 0.587. The number of methoxy groups -OCH3 is 1. The van der Waals surface area contributed by atoms with Gasteiger partial charge in [-0.3, -0.25) is 4.79 Å². The predicted molar refractivity (Wildman–Crippen MR) is 97.6 cm³/mol. The molecule has 2 aromatic heterocycles. The van der Waals surface area contributed by atoms with Crippen LogP contribution in [-0.4, -0.2) is 30.5 Å². The number of furan rings is 1. The second-order valence-corrected chi connectivity index (χ2v) is 6.73. The van der Waals surface area contributed by atoms with Crippen LogP contribution in [0, 0.1) is 0 Å². The fraction of sp³-hybridized carbons (Fsp3) is 0.211. The maximum atomic E-state index is 13.0. The molecule has 0 bridgehead atoms. The van der Waals surface area contributed by atoms with Gasteiger partial charge in [-0.15, -0.1) is 11.3 Å². The molecular formula is C19H16N2O4S. The highest BCUT2D eigenvalue weighted by Crippen LogP contribution is 2.32. The number of esters is 1. The van der Waals surface area contributed by atoms with Gasteiger partial charge in [0.2, 0.25) is 0 Å². The number of carbonyl (C=O) groups is 2. The Bertz CT molecular complexity index is 962. The van der Waals surface area contributed by atoms with Crippen molar-refractivity contribution in [3.63, 3.8) is 0 Å². The van der Waals surface area contributed by atoms with Gasteiger partial charge < -0.3 is 14.1 Å². The number of hydrogen-bond acceptors (Lipinski definition) is 6. The van der Waals surface area contributed by atoms with Crippen LogP contribution in [0.2, 0.25) is 0 Å². The first-order valence-corrected chi connectivity index (χ1v) is 9.08. The molecule has 132 valence electrons. The molecule has 3 aromatic rings. The van der Waals surface area contributed by atoms with E-state index in [0.29, 0.717) is 28.6 Å². The van der Waals surface area contributed by atoms with Gasteiger partial charge in [0.05, 0.1) is 18.9 Å². The van der Waals surface area contributed by atoms with Gasteiger partial charge >= 0.3 is 5.97 Å². The van der Waals surface area contributed by atoms with Gasteiger partial charge in [0.15, 0.2) is 10.8 Å². The zero-order chi connectivity index (χ0) is 18.1. The molecule has 0 fully saturated rings. The van der Waals surface area contributed by atoms with Crippen molar-refractivity contribution in [2.75, 3.05) is 18.6 Å². The molecule has 0 atom stereocenters. The smallest absolute Gasteiger partial charge is 0.338 e. The zero-order valence-electron chi connectivity index (χ0n) is 14.1. The molecule has 0 N–H and O–H groups in total. The summed E-state index contributed by atoms with van der Waals surface area (Å²) in [6.07, 6.45) is 3.09. The number of hydrogen-bond donors (Lipinski definition) is 0. The Morgan fingerprint density at radius 1 is 1.27 bits per heavy atom. The van der Waals surface area contributed by atoms with Crippen LogP contribution in [0.25, 0.3) is 10.8 Å². The first-order chi connectivity index (χ1) is 12.7. The maximum absolute atomic E-state index is 13.0. The molecule has 1 aliphatic heterocycles. The first-order valence-electron chi connectivity index (χ1n) is 8.20. The fourth-order valence-electron chi connectivity index (χ4n) is 3.16. The number of anilines is 1. The molecule has 0 radical (unpaired) electrons. The molecule has 3 heterocycles. The van der Waals surface area contributed by atoms with E-state index in [2.05, 4.69) is 4.98 Å². The number of benzene rings is 1. The molecule has 7 heteroatoms. The van der Waals surface area contributed by atoms with Crippen LogP contribution in [-0.2, 0) is 11.2 Å². The largest absolute Gasteiger partial charge is 0.465 e. The average molecular weight is 368 g/mol. The van der Waals surface area contributed by atoms with E-state index in [1.165, 1.54) is 18.4 Å². The third-order valence-electron chi connectivity index (χ3n) is 4.36. The van der Waals surface area contributed by atoms with Crippen molar-refractivity contribution < 1.29 is 18.7 Å². The van der Waals surface area contributed by atoms with Crippen molar-refractivity contribution in [1.29, 1.82) is 0 Å². The molecule has 1 aromatic carbocycles. The molecule has 1 aliphatic rings. The number of carbonyl (C=O) groups excluding carboxylic acids is 2. The quantitative estimate of drug-likeness (QED) is 0.658.